The van der Waals surface area contributed by atoms with Gasteiger partial charge in [-0.15, -0.1) is 0 Å². The molecule has 4 rings (SSSR count). The van der Waals surface area contributed by atoms with Crippen LogP contribution in [0.5, 0.6) is 23.0 Å². The summed E-state index contributed by atoms with van der Waals surface area (Å²) >= 11 is 0. The van der Waals surface area contributed by atoms with Crippen LogP contribution < -0.4 is 9.47 Å². The largest absolute Gasteiger partial charge is 0.508 e. The van der Waals surface area contributed by atoms with E-state index in [0.29, 0.717) is 29.2 Å². The number of hydrogen-bond acceptors (Lipinski definition) is 5. The van der Waals surface area contributed by atoms with Gasteiger partial charge in [0.2, 0.25) is 0 Å². The summed E-state index contributed by atoms with van der Waals surface area (Å²) in [4.78, 5) is 11.6. The molecule has 2 aromatic carbocycles. The highest BCUT2D eigenvalue weighted by Crippen LogP contribution is 2.54. The van der Waals surface area contributed by atoms with Gasteiger partial charge < -0.3 is 19.7 Å². The van der Waals surface area contributed by atoms with Crippen LogP contribution in [0.2, 0.25) is 0 Å². The monoisotopic (exact) mass is 338 g/mol. The number of benzene rings is 2. The summed E-state index contributed by atoms with van der Waals surface area (Å²) in [5, 5.41) is 19.9. The highest BCUT2D eigenvalue weighted by Gasteiger charge is 2.42. The molecule has 2 aliphatic heterocycles. The Morgan fingerprint density at radius 2 is 1.92 bits per heavy atom. The standard InChI is InChI=1S/C20H18O5/c1-10(11(2)21)7-15-17(23)6-5-13-16-9-24-18-8-12(22)3-4-14(18)20(16)25-19(13)15/h3-8,16,20,22-23H,9H2,1-2H3/b10-7+/t16-,20-/m0/s1. The molecule has 0 saturated heterocycles. The zero-order valence-corrected chi connectivity index (χ0v) is 13.9. The van der Waals surface area contributed by atoms with Crippen LogP contribution >= 0.6 is 0 Å². The molecular weight excluding hydrogens is 320 g/mol. The molecular formula is C20H18O5. The van der Waals surface area contributed by atoms with Gasteiger partial charge in [0.05, 0.1) is 18.1 Å². The molecule has 0 fully saturated rings. The Bertz CT molecular complexity index is 913. The average Bonchev–Trinajstić information content (AvgIpc) is 2.95. The van der Waals surface area contributed by atoms with E-state index in [0.717, 1.165) is 11.1 Å². The van der Waals surface area contributed by atoms with Crippen molar-refractivity contribution in [2.24, 2.45) is 0 Å². The highest BCUT2D eigenvalue weighted by molar-refractivity contribution is 5.98. The first-order chi connectivity index (χ1) is 12.0. The third-order valence-electron chi connectivity index (χ3n) is 4.85. The summed E-state index contributed by atoms with van der Waals surface area (Å²) in [5.74, 6) is 1.35. The second kappa shape index (κ2) is 5.55. The lowest BCUT2D eigenvalue weighted by atomic mass is 9.88. The molecule has 5 nitrogen and oxygen atoms in total. The minimum absolute atomic E-state index is 0.00238. The van der Waals surface area contributed by atoms with Crippen LogP contribution in [-0.2, 0) is 4.79 Å². The van der Waals surface area contributed by atoms with Gasteiger partial charge in [0.25, 0.3) is 0 Å². The van der Waals surface area contributed by atoms with E-state index < -0.39 is 0 Å². The topological polar surface area (TPSA) is 76.0 Å². The van der Waals surface area contributed by atoms with Gasteiger partial charge in [-0.2, -0.15) is 0 Å². The lowest BCUT2D eigenvalue weighted by molar-refractivity contribution is -0.113. The van der Waals surface area contributed by atoms with Gasteiger partial charge in [-0.3, -0.25) is 4.79 Å². The summed E-state index contributed by atoms with van der Waals surface area (Å²) in [6, 6.07) is 8.44. The summed E-state index contributed by atoms with van der Waals surface area (Å²) in [6.07, 6.45) is 1.41. The first kappa shape index (κ1) is 15.6. The normalized spacial score (nSPS) is 20.8. The Labute approximate surface area is 145 Å². The number of fused-ring (bicyclic) bond motifs is 5. The molecule has 5 heteroatoms. The number of rotatable bonds is 2. The molecule has 128 valence electrons. The van der Waals surface area contributed by atoms with Crippen molar-refractivity contribution >= 4 is 11.9 Å². The maximum atomic E-state index is 11.6. The van der Waals surface area contributed by atoms with Gasteiger partial charge in [0.1, 0.15) is 29.1 Å². The molecule has 25 heavy (non-hydrogen) atoms. The van der Waals surface area contributed by atoms with E-state index >= 15 is 0 Å². The van der Waals surface area contributed by atoms with E-state index in [-0.39, 0.29) is 29.3 Å². The number of hydrogen-bond donors (Lipinski definition) is 2. The molecule has 0 spiro atoms. The van der Waals surface area contributed by atoms with Crippen molar-refractivity contribution in [1.82, 2.24) is 0 Å². The van der Waals surface area contributed by atoms with Crippen molar-refractivity contribution in [3.63, 3.8) is 0 Å². The number of carbonyl (C=O) groups is 1. The Kier molecular flexibility index (Phi) is 3.46. The first-order valence-electron chi connectivity index (χ1n) is 8.13. The maximum Gasteiger partial charge on any atom is 0.155 e. The number of ketones is 1. The summed E-state index contributed by atoms with van der Waals surface area (Å²) in [6.45, 7) is 3.63. The van der Waals surface area contributed by atoms with E-state index in [1.165, 1.54) is 6.92 Å². The Balaban J connectivity index is 1.82. The Morgan fingerprint density at radius 3 is 2.68 bits per heavy atom. The highest BCUT2D eigenvalue weighted by atomic mass is 16.5. The molecule has 0 saturated carbocycles. The zero-order chi connectivity index (χ0) is 17.7. The van der Waals surface area contributed by atoms with Crippen molar-refractivity contribution in [3.05, 3.63) is 52.6 Å². The van der Waals surface area contributed by atoms with Crippen molar-refractivity contribution < 1.29 is 24.5 Å². The predicted octanol–water partition coefficient (Wildman–Crippen LogP) is 3.70. The summed E-state index contributed by atoms with van der Waals surface area (Å²) < 4.78 is 12.0. The van der Waals surface area contributed by atoms with E-state index in [1.54, 1.807) is 37.3 Å². The molecule has 2 atom stereocenters. The first-order valence-corrected chi connectivity index (χ1v) is 8.13. The van der Waals surface area contributed by atoms with Gasteiger partial charge in [0, 0.05) is 17.2 Å². The van der Waals surface area contributed by atoms with E-state index in [4.69, 9.17) is 9.47 Å². The second-order valence-corrected chi connectivity index (χ2v) is 6.48. The minimum Gasteiger partial charge on any atom is -0.508 e. The molecule has 2 heterocycles. The van der Waals surface area contributed by atoms with Crippen LogP contribution in [0, 0.1) is 0 Å². The van der Waals surface area contributed by atoms with Crippen LogP contribution in [0.25, 0.3) is 6.08 Å². The molecule has 0 bridgehead atoms. The lowest BCUT2D eigenvalue weighted by Gasteiger charge is -2.27. The van der Waals surface area contributed by atoms with Crippen molar-refractivity contribution in [2.75, 3.05) is 6.61 Å². The maximum absolute atomic E-state index is 11.6. The Morgan fingerprint density at radius 1 is 1.16 bits per heavy atom. The van der Waals surface area contributed by atoms with Gasteiger partial charge in [-0.1, -0.05) is 6.07 Å². The van der Waals surface area contributed by atoms with E-state index in [2.05, 4.69) is 0 Å². The van der Waals surface area contributed by atoms with E-state index in [1.807, 2.05) is 6.07 Å². The Hall–Kier alpha value is -2.95. The van der Waals surface area contributed by atoms with Crippen LogP contribution in [0.4, 0.5) is 0 Å². The predicted molar refractivity (Wildman–Crippen MR) is 92.2 cm³/mol. The van der Waals surface area contributed by atoms with Crippen molar-refractivity contribution in [3.8, 4) is 23.0 Å². The number of phenolic OH excluding ortho intramolecular Hbond substituents is 2. The average molecular weight is 338 g/mol. The molecule has 2 aliphatic rings. The van der Waals surface area contributed by atoms with Crippen molar-refractivity contribution in [1.29, 1.82) is 0 Å². The number of phenols is 2. The third-order valence-corrected chi connectivity index (χ3v) is 4.85. The summed E-state index contributed by atoms with van der Waals surface area (Å²) in [5.41, 5.74) is 2.87. The number of Topliss-reactive ketones (excluding diaryl/α,β-unsaturated/α-hetero) is 1. The van der Waals surface area contributed by atoms with Crippen LogP contribution in [0.3, 0.4) is 0 Å². The molecule has 0 aromatic heterocycles. The van der Waals surface area contributed by atoms with Crippen LogP contribution in [-0.4, -0.2) is 22.6 Å². The zero-order valence-electron chi connectivity index (χ0n) is 13.9. The molecule has 0 amide bonds. The molecule has 2 aromatic rings. The van der Waals surface area contributed by atoms with Crippen molar-refractivity contribution in [2.45, 2.75) is 25.9 Å². The fourth-order valence-corrected chi connectivity index (χ4v) is 3.38. The van der Waals surface area contributed by atoms with Gasteiger partial charge >= 0.3 is 0 Å². The second-order valence-electron chi connectivity index (χ2n) is 6.48. The molecule has 0 unspecified atom stereocenters. The van der Waals surface area contributed by atoms with Gasteiger partial charge in [-0.05, 0) is 43.7 Å². The molecule has 2 N–H and O–H groups in total. The van der Waals surface area contributed by atoms with Crippen LogP contribution in [0.15, 0.2) is 35.9 Å². The number of ether oxygens (including phenoxy) is 2. The minimum atomic E-state index is -0.245. The fraction of sp³-hybridized carbons (Fsp3) is 0.250. The third kappa shape index (κ3) is 2.43. The number of allylic oxidation sites excluding steroid dienone is 1. The molecule has 0 aliphatic carbocycles. The van der Waals surface area contributed by atoms with Gasteiger partial charge in [0.15, 0.2) is 5.78 Å². The summed E-state index contributed by atoms with van der Waals surface area (Å²) in [7, 11) is 0. The SMILES string of the molecule is CC(=O)/C(C)=C/c1c(O)ccc2c1O[C@H]1c3ccc(O)cc3OC[C@@H]21. The van der Waals surface area contributed by atoms with Crippen LogP contribution in [0.1, 0.15) is 42.6 Å². The lowest BCUT2D eigenvalue weighted by Crippen LogP contribution is -2.22. The molecule has 0 radical (unpaired) electrons. The van der Waals surface area contributed by atoms with E-state index in [9.17, 15) is 15.0 Å². The number of aromatic hydroxyl groups is 2. The quantitative estimate of drug-likeness (QED) is 0.817. The fourth-order valence-electron chi connectivity index (χ4n) is 3.38. The van der Waals surface area contributed by atoms with Gasteiger partial charge in [-0.25, -0.2) is 0 Å². The smallest absolute Gasteiger partial charge is 0.155 e. The number of carbonyl (C=O) groups excluding carboxylic acids is 1.